The number of hydrogen-bond acceptors (Lipinski definition) is 2. The Bertz CT molecular complexity index is 550. The van der Waals surface area contributed by atoms with Gasteiger partial charge >= 0.3 is 6.03 Å². The number of urea groups is 1. The maximum absolute atomic E-state index is 12.5. The van der Waals surface area contributed by atoms with E-state index < -0.39 is 0 Å². The third-order valence-electron chi connectivity index (χ3n) is 5.79. The van der Waals surface area contributed by atoms with Crippen molar-refractivity contribution in [3.05, 3.63) is 21.3 Å². The Morgan fingerprint density at radius 1 is 1.23 bits per heavy atom. The molecule has 4 bridgehead atoms. The standard InChI is InChI=1S/C17H23ClN2OS/c1-10(14-2-3-15(18)22-14)19-16(21)20-17-7-11-4-12(8-17)6-13(5-11)9-17/h2-3,10-13H,4-9H2,1H3,(H2,19,20,21)/t10-,11?,12?,13?,17?/m0/s1. The maximum Gasteiger partial charge on any atom is 0.315 e. The highest BCUT2D eigenvalue weighted by atomic mass is 35.5. The van der Waals surface area contributed by atoms with Crippen LogP contribution >= 0.6 is 22.9 Å². The summed E-state index contributed by atoms with van der Waals surface area (Å²) in [5, 5.41) is 6.44. The largest absolute Gasteiger partial charge is 0.333 e. The normalized spacial score (nSPS) is 37.1. The average molecular weight is 339 g/mol. The van der Waals surface area contributed by atoms with Crippen molar-refractivity contribution in [2.24, 2.45) is 17.8 Å². The fourth-order valence-electron chi connectivity index (χ4n) is 5.37. The number of carbonyl (C=O) groups is 1. The van der Waals surface area contributed by atoms with Gasteiger partial charge in [0.15, 0.2) is 0 Å². The lowest BCUT2D eigenvalue weighted by atomic mass is 9.53. The van der Waals surface area contributed by atoms with E-state index in [1.165, 1.54) is 49.9 Å². The molecule has 4 aliphatic carbocycles. The number of halogens is 1. The third-order valence-corrected chi connectivity index (χ3v) is 7.20. The predicted octanol–water partition coefficient (Wildman–Crippen LogP) is 4.73. The second-order valence-electron chi connectivity index (χ2n) is 7.66. The highest BCUT2D eigenvalue weighted by Crippen LogP contribution is 2.55. The molecular weight excluding hydrogens is 316 g/mol. The van der Waals surface area contributed by atoms with Gasteiger partial charge in [0.1, 0.15) is 0 Å². The van der Waals surface area contributed by atoms with E-state index in [9.17, 15) is 4.79 Å². The Balaban J connectivity index is 1.40. The molecule has 0 saturated heterocycles. The number of amides is 2. The average Bonchev–Trinajstić information content (AvgIpc) is 2.83. The van der Waals surface area contributed by atoms with Gasteiger partial charge in [0.25, 0.3) is 0 Å². The Hall–Kier alpha value is -0.740. The van der Waals surface area contributed by atoms with Crippen LogP contribution in [0.2, 0.25) is 4.34 Å². The summed E-state index contributed by atoms with van der Waals surface area (Å²) in [6.07, 6.45) is 7.74. The molecule has 22 heavy (non-hydrogen) atoms. The third kappa shape index (κ3) is 2.76. The summed E-state index contributed by atoms with van der Waals surface area (Å²) < 4.78 is 0.769. The Morgan fingerprint density at radius 3 is 2.32 bits per heavy atom. The molecule has 5 rings (SSSR count). The minimum atomic E-state index is -0.0148. The summed E-state index contributed by atoms with van der Waals surface area (Å²) in [5.41, 5.74) is 0.0750. The van der Waals surface area contributed by atoms with Crippen LogP contribution in [0.5, 0.6) is 0 Å². The van der Waals surface area contributed by atoms with Crippen molar-refractivity contribution < 1.29 is 4.79 Å². The van der Waals surface area contributed by atoms with Crippen molar-refractivity contribution >= 4 is 29.0 Å². The number of nitrogens with one attached hydrogen (secondary N) is 2. The smallest absolute Gasteiger partial charge is 0.315 e. The quantitative estimate of drug-likeness (QED) is 0.821. The van der Waals surface area contributed by atoms with E-state index in [4.69, 9.17) is 11.6 Å². The molecule has 0 radical (unpaired) electrons. The molecule has 0 aliphatic heterocycles. The van der Waals surface area contributed by atoms with Crippen molar-refractivity contribution in [3.8, 4) is 0 Å². The van der Waals surface area contributed by atoms with Gasteiger partial charge in [-0.1, -0.05) is 11.6 Å². The summed E-state index contributed by atoms with van der Waals surface area (Å²) >= 11 is 7.51. The Labute approximate surface area is 140 Å². The summed E-state index contributed by atoms with van der Waals surface area (Å²) in [5.74, 6) is 2.54. The van der Waals surface area contributed by atoms with Gasteiger partial charge in [-0.2, -0.15) is 0 Å². The second-order valence-corrected chi connectivity index (χ2v) is 9.41. The van der Waals surface area contributed by atoms with Crippen molar-refractivity contribution in [2.45, 2.75) is 57.0 Å². The van der Waals surface area contributed by atoms with E-state index in [2.05, 4.69) is 10.6 Å². The number of hydrogen-bond donors (Lipinski definition) is 2. The van der Waals surface area contributed by atoms with Crippen LogP contribution in [0.25, 0.3) is 0 Å². The van der Waals surface area contributed by atoms with Crippen molar-refractivity contribution in [1.82, 2.24) is 10.6 Å². The van der Waals surface area contributed by atoms with Crippen LogP contribution in [0.3, 0.4) is 0 Å². The number of carbonyl (C=O) groups excluding carboxylic acids is 1. The van der Waals surface area contributed by atoms with Gasteiger partial charge in [0.2, 0.25) is 0 Å². The van der Waals surface area contributed by atoms with E-state index >= 15 is 0 Å². The number of thiophene rings is 1. The topological polar surface area (TPSA) is 41.1 Å². The summed E-state index contributed by atoms with van der Waals surface area (Å²) in [4.78, 5) is 13.6. The van der Waals surface area contributed by atoms with E-state index in [0.29, 0.717) is 0 Å². The van der Waals surface area contributed by atoms with Gasteiger partial charge in [0, 0.05) is 10.4 Å². The van der Waals surface area contributed by atoms with Gasteiger partial charge < -0.3 is 10.6 Å². The summed E-state index contributed by atoms with van der Waals surface area (Å²) in [7, 11) is 0. The van der Waals surface area contributed by atoms with Crippen LogP contribution in [-0.4, -0.2) is 11.6 Å². The summed E-state index contributed by atoms with van der Waals surface area (Å²) in [6.45, 7) is 2.02. The van der Waals surface area contributed by atoms with Crippen LogP contribution in [-0.2, 0) is 0 Å². The van der Waals surface area contributed by atoms with Gasteiger partial charge in [0.05, 0.1) is 10.4 Å². The van der Waals surface area contributed by atoms with Crippen molar-refractivity contribution in [1.29, 1.82) is 0 Å². The molecule has 1 aromatic heterocycles. The molecule has 4 aliphatic rings. The molecule has 4 saturated carbocycles. The molecule has 120 valence electrons. The van der Waals surface area contributed by atoms with Gasteiger partial charge in [-0.25, -0.2) is 4.79 Å². The molecule has 2 N–H and O–H groups in total. The molecule has 5 heteroatoms. The van der Waals surface area contributed by atoms with Crippen LogP contribution in [0.4, 0.5) is 4.79 Å². The maximum atomic E-state index is 12.5. The first-order valence-electron chi connectivity index (χ1n) is 8.35. The minimum Gasteiger partial charge on any atom is -0.333 e. The van der Waals surface area contributed by atoms with Gasteiger partial charge in [-0.05, 0) is 75.3 Å². The van der Waals surface area contributed by atoms with Crippen molar-refractivity contribution in [3.63, 3.8) is 0 Å². The molecular formula is C17H23ClN2OS. The lowest BCUT2D eigenvalue weighted by Crippen LogP contribution is -2.61. The Morgan fingerprint density at radius 2 is 1.82 bits per heavy atom. The highest BCUT2D eigenvalue weighted by Gasteiger charge is 2.51. The van der Waals surface area contributed by atoms with Crippen LogP contribution in [0.15, 0.2) is 12.1 Å². The van der Waals surface area contributed by atoms with E-state index in [1.54, 1.807) is 0 Å². The molecule has 0 aromatic carbocycles. The van der Waals surface area contributed by atoms with Gasteiger partial charge in [-0.3, -0.25) is 0 Å². The zero-order valence-electron chi connectivity index (χ0n) is 12.9. The molecule has 1 heterocycles. The fraction of sp³-hybridized carbons (Fsp3) is 0.706. The van der Waals surface area contributed by atoms with Gasteiger partial charge in [-0.15, -0.1) is 11.3 Å². The second kappa shape index (κ2) is 5.41. The van der Waals surface area contributed by atoms with Crippen LogP contribution in [0, 0.1) is 17.8 Å². The lowest BCUT2D eigenvalue weighted by Gasteiger charge is -2.56. The predicted molar refractivity (Wildman–Crippen MR) is 90.3 cm³/mol. The first-order valence-corrected chi connectivity index (χ1v) is 9.55. The molecule has 1 aromatic rings. The zero-order valence-corrected chi connectivity index (χ0v) is 14.5. The van der Waals surface area contributed by atoms with Crippen molar-refractivity contribution in [2.75, 3.05) is 0 Å². The molecule has 0 spiro atoms. The molecule has 0 unspecified atom stereocenters. The molecule has 4 fully saturated rings. The lowest BCUT2D eigenvalue weighted by molar-refractivity contribution is -0.0136. The first-order chi connectivity index (χ1) is 10.5. The monoisotopic (exact) mass is 338 g/mol. The zero-order chi connectivity index (χ0) is 15.3. The van der Waals surface area contributed by atoms with Crippen LogP contribution in [0.1, 0.15) is 56.4 Å². The molecule has 1 atom stereocenters. The first kappa shape index (κ1) is 14.8. The van der Waals surface area contributed by atoms with E-state index in [1.807, 2.05) is 19.1 Å². The Kier molecular flexibility index (Phi) is 3.65. The molecule has 3 nitrogen and oxygen atoms in total. The minimum absolute atomic E-state index is 0.00594. The van der Waals surface area contributed by atoms with E-state index in [-0.39, 0.29) is 17.6 Å². The SMILES string of the molecule is C[C@H](NC(=O)NC12CC3CC(CC(C3)C1)C2)c1ccc(Cl)s1. The van der Waals surface area contributed by atoms with E-state index in [0.717, 1.165) is 27.0 Å². The summed E-state index contributed by atoms with van der Waals surface area (Å²) in [6, 6.07) is 3.87. The highest BCUT2D eigenvalue weighted by molar-refractivity contribution is 7.16. The number of rotatable bonds is 3. The van der Waals surface area contributed by atoms with Crippen LogP contribution < -0.4 is 10.6 Å². The fourth-order valence-corrected chi connectivity index (χ4v) is 6.43. The molecule has 2 amide bonds.